The van der Waals surface area contributed by atoms with Crippen LogP contribution >= 0.6 is 0 Å². The lowest BCUT2D eigenvalue weighted by atomic mass is 9.92. The second-order valence-electron chi connectivity index (χ2n) is 5.47. The van der Waals surface area contributed by atoms with E-state index in [2.05, 4.69) is 0 Å². The lowest BCUT2D eigenvalue weighted by Gasteiger charge is -2.18. The molecule has 0 unspecified atom stereocenters. The minimum absolute atomic E-state index is 0.0851. The number of rotatable bonds is 5. The van der Waals surface area contributed by atoms with Crippen LogP contribution in [-0.4, -0.2) is 55.8 Å². The average molecular weight is 394 g/mol. The number of ether oxygens (including phenoxy) is 2. The average Bonchev–Trinajstić information content (AvgIpc) is 2.65. The van der Waals surface area contributed by atoms with Crippen LogP contribution in [0.15, 0.2) is 12.1 Å². The molecule has 0 saturated heterocycles. The Morgan fingerprint density at radius 2 is 1.00 bits per heavy atom. The Labute approximate surface area is 158 Å². The fraction of sp³-hybridized carbons (Fsp3) is 0.222. The topological polar surface area (TPSA) is 174 Å². The van der Waals surface area contributed by atoms with Crippen LogP contribution in [-0.2, 0) is 9.47 Å². The maximum absolute atomic E-state index is 12.3. The van der Waals surface area contributed by atoms with Gasteiger partial charge in [0, 0.05) is 11.1 Å². The van der Waals surface area contributed by atoms with E-state index in [4.69, 9.17) is 9.47 Å². The van der Waals surface area contributed by atoms with Crippen LogP contribution in [0.4, 0.5) is 0 Å². The number of carbonyl (C=O) groups excluding carboxylic acids is 2. The number of phenols is 6. The number of benzene rings is 2. The van der Waals surface area contributed by atoms with E-state index >= 15 is 0 Å². The van der Waals surface area contributed by atoms with E-state index in [0.717, 1.165) is 12.1 Å². The molecule has 10 nitrogen and oxygen atoms in total. The zero-order valence-electron chi connectivity index (χ0n) is 14.9. The van der Waals surface area contributed by atoms with Gasteiger partial charge in [0.2, 0.25) is 11.5 Å². The molecule has 0 amide bonds. The first-order valence-electron chi connectivity index (χ1n) is 8.05. The van der Waals surface area contributed by atoms with Crippen LogP contribution in [0.5, 0.6) is 34.5 Å². The SMILES string of the molecule is CCOC(=O)c1cc(O)c(O)c(O)c1-c1c(C(=O)OCC)cc(O)c(O)c1O. The fourth-order valence-electron chi connectivity index (χ4n) is 2.53. The van der Waals surface area contributed by atoms with Gasteiger partial charge in [0.05, 0.1) is 24.3 Å². The highest BCUT2D eigenvalue weighted by Crippen LogP contribution is 2.52. The van der Waals surface area contributed by atoms with Gasteiger partial charge in [-0.15, -0.1) is 0 Å². The van der Waals surface area contributed by atoms with Gasteiger partial charge >= 0.3 is 11.9 Å². The molecular formula is C18H18O10. The largest absolute Gasteiger partial charge is 0.504 e. The predicted molar refractivity (Wildman–Crippen MR) is 93.8 cm³/mol. The van der Waals surface area contributed by atoms with E-state index in [1.165, 1.54) is 13.8 Å². The number of phenolic OH excluding ortho intramolecular Hbond substituents is 6. The zero-order valence-corrected chi connectivity index (χ0v) is 14.9. The maximum atomic E-state index is 12.3. The molecule has 2 aromatic carbocycles. The molecule has 0 aliphatic carbocycles. The van der Waals surface area contributed by atoms with E-state index in [-0.39, 0.29) is 13.2 Å². The highest BCUT2D eigenvalue weighted by molar-refractivity contribution is 6.08. The van der Waals surface area contributed by atoms with Gasteiger partial charge in [-0.3, -0.25) is 0 Å². The molecular weight excluding hydrogens is 376 g/mol. The Kier molecular flexibility index (Phi) is 5.73. The van der Waals surface area contributed by atoms with Crippen LogP contribution in [0, 0.1) is 0 Å². The minimum Gasteiger partial charge on any atom is -0.504 e. The van der Waals surface area contributed by atoms with Gasteiger partial charge in [0.1, 0.15) is 0 Å². The second kappa shape index (κ2) is 7.82. The molecule has 0 saturated carbocycles. The van der Waals surface area contributed by atoms with Gasteiger partial charge in [-0.25, -0.2) is 9.59 Å². The summed E-state index contributed by atoms with van der Waals surface area (Å²) in [6.07, 6.45) is 0. The molecule has 0 bridgehead atoms. The lowest BCUT2D eigenvalue weighted by molar-refractivity contribution is 0.0514. The summed E-state index contributed by atoms with van der Waals surface area (Å²) in [4.78, 5) is 24.6. The molecule has 0 aliphatic rings. The summed E-state index contributed by atoms with van der Waals surface area (Å²) in [5.41, 5.74) is -2.30. The van der Waals surface area contributed by atoms with Crippen LogP contribution in [0.2, 0.25) is 0 Å². The van der Waals surface area contributed by atoms with Gasteiger partial charge in [-0.1, -0.05) is 0 Å². The van der Waals surface area contributed by atoms with Crippen molar-refractivity contribution in [1.82, 2.24) is 0 Å². The van der Waals surface area contributed by atoms with Crippen molar-refractivity contribution in [3.05, 3.63) is 23.3 Å². The summed E-state index contributed by atoms with van der Waals surface area (Å²) in [6, 6.07) is 1.50. The highest BCUT2D eigenvalue weighted by Gasteiger charge is 2.31. The Morgan fingerprint density at radius 3 is 1.29 bits per heavy atom. The zero-order chi connectivity index (χ0) is 21.2. The Bertz CT molecular complexity index is 871. The summed E-state index contributed by atoms with van der Waals surface area (Å²) >= 11 is 0. The van der Waals surface area contributed by atoms with Crippen LogP contribution in [0.3, 0.4) is 0 Å². The molecule has 2 aromatic rings. The van der Waals surface area contributed by atoms with Crippen molar-refractivity contribution in [2.24, 2.45) is 0 Å². The quantitative estimate of drug-likeness (QED) is 0.325. The van der Waals surface area contributed by atoms with E-state index in [1.807, 2.05) is 0 Å². The van der Waals surface area contributed by atoms with Crippen molar-refractivity contribution in [3.8, 4) is 45.6 Å². The van der Waals surface area contributed by atoms with Gasteiger partial charge in [-0.2, -0.15) is 0 Å². The molecule has 0 heterocycles. The number of hydrogen-bond donors (Lipinski definition) is 6. The van der Waals surface area contributed by atoms with Crippen LogP contribution < -0.4 is 0 Å². The molecule has 6 N–H and O–H groups in total. The molecule has 0 atom stereocenters. The summed E-state index contributed by atoms with van der Waals surface area (Å²) in [6.45, 7) is 2.81. The summed E-state index contributed by atoms with van der Waals surface area (Å²) in [7, 11) is 0. The Hall–Kier alpha value is -3.82. The number of carbonyl (C=O) groups is 2. The third-order valence-corrected chi connectivity index (χ3v) is 3.75. The maximum Gasteiger partial charge on any atom is 0.339 e. The van der Waals surface area contributed by atoms with E-state index in [0.29, 0.717) is 0 Å². The number of esters is 2. The van der Waals surface area contributed by atoms with E-state index in [1.54, 1.807) is 0 Å². The van der Waals surface area contributed by atoms with Crippen LogP contribution in [0.25, 0.3) is 11.1 Å². The summed E-state index contributed by atoms with van der Waals surface area (Å²) in [5.74, 6) is -8.12. The molecule has 150 valence electrons. The van der Waals surface area contributed by atoms with Gasteiger partial charge < -0.3 is 40.1 Å². The van der Waals surface area contributed by atoms with Gasteiger partial charge in [-0.05, 0) is 26.0 Å². The molecule has 0 radical (unpaired) electrons. The van der Waals surface area contributed by atoms with Crippen LogP contribution in [0.1, 0.15) is 34.6 Å². The number of hydrogen-bond acceptors (Lipinski definition) is 10. The van der Waals surface area contributed by atoms with Crippen molar-refractivity contribution < 1.29 is 49.7 Å². The molecule has 0 spiro atoms. The van der Waals surface area contributed by atoms with E-state index in [9.17, 15) is 40.2 Å². The second-order valence-corrected chi connectivity index (χ2v) is 5.47. The monoisotopic (exact) mass is 394 g/mol. The molecule has 28 heavy (non-hydrogen) atoms. The van der Waals surface area contributed by atoms with Crippen molar-refractivity contribution in [3.63, 3.8) is 0 Å². The molecule has 0 fully saturated rings. The first-order chi connectivity index (χ1) is 13.1. The van der Waals surface area contributed by atoms with Gasteiger partial charge in [0.15, 0.2) is 23.0 Å². The van der Waals surface area contributed by atoms with Crippen molar-refractivity contribution in [2.45, 2.75) is 13.8 Å². The van der Waals surface area contributed by atoms with Crippen molar-refractivity contribution >= 4 is 11.9 Å². The predicted octanol–water partition coefficient (Wildman–Crippen LogP) is 1.94. The standard InChI is InChI=1S/C18H18O10/c1-3-27-17(25)7-5-9(19)13(21)15(23)11(7)12-8(18(26)28-4-2)6-10(20)14(22)16(12)24/h5-6,19-24H,3-4H2,1-2H3. The third kappa shape index (κ3) is 3.39. The normalized spacial score (nSPS) is 10.5. The third-order valence-electron chi connectivity index (χ3n) is 3.75. The highest BCUT2D eigenvalue weighted by atomic mass is 16.5. The number of aromatic hydroxyl groups is 6. The fourth-order valence-corrected chi connectivity index (χ4v) is 2.53. The minimum atomic E-state index is -1.08. The molecule has 2 rings (SSSR count). The van der Waals surface area contributed by atoms with E-state index < -0.39 is 68.7 Å². The first kappa shape index (κ1) is 20.5. The van der Waals surface area contributed by atoms with Crippen molar-refractivity contribution in [2.75, 3.05) is 13.2 Å². The lowest BCUT2D eigenvalue weighted by Crippen LogP contribution is -2.10. The first-order valence-corrected chi connectivity index (χ1v) is 8.05. The van der Waals surface area contributed by atoms with Gasteiger partial charge in [0.25, 0.3) is 0 Å². The Morgan fingerprint density at radius 1 is 0.679 bits per heavy atom. The van der Waals surface area contributed by atoms with Crippen molar-refractivity contribution in [1.29, 1.82) is 0 Å². The smallest absolute Gasteiger partial charge is 0.339 e. The molecule has 0 aliphatic heterocycles. The summed E-state index contributed by atoms with van der Waals surface area (Å²) in [5, 5.41) is 59.9. The Balaban J connectivity index is 2.98. The summed E-state index contributed by atoms with van der Waals surface area (Å²) < 4.78 is 9.66. The molecule has 10 heteroatoms. The molecule has 0 aromatic heterocycles.